The molecule has 4 heterocycles. The Morgan fingerprint density at radius 3 is 2.57 bits per heavy atom. The van der Waals surface area contributed by atoms with E-state index in [1.807, 2.05) is 42.6 Å². The Hall–Kier alpha value is -3.14. The van der Waals surface area contributed by atoms with Gasteiger partial charge in [0.25, 0.3) is 0 Å². The van der Waals surface area contributed by atoms with Gasteiger partial charge in [-0.1, -0.05) is 38.1 Å². The maximum Gasteiger partial charge on any atom is 0.345 e. The predicted octanol–water partition coefficient (Wildman–Crippen LogP) is 5.20. The first-order valence-electron chi connectivity index (χ1n) is 10.8. The van der Waals surface area contributed by atoms with Gasteiger partial charge in [-0.05, 0) is 53.8 Å². The molecule has 6 rings (SSSR count). The van der Waals surface area contributed by atoms with Crippen LogP contribution in [0.25, 0.3) is 33.0 Å². The second-order valence-electron chi connectivity index (χ2n) is 9.17. The van der Waals surface area contributed by atoms with Crippen LogP contribution in [0, 0.1) is 11.8 Å². The van der Waals surface area contributed by atoms with Gasteiger partial charge in [0, 0.05) is 41.3 Å². The minimum Gasteiger partial charge on any atom is -0.422 e. The van der Waals surface area contributed by atoms with E-state index in [0.717, 1.165) is 47.7 Å². The molecule has 2 aliphatic rings. The van der Waals surface area contributed by atoms with Gasteiger partial charge in [-0.2, -0.15) is 0 Å². The van der Waals surface area contributed by atoms with Crippen LogP contribution in [0.1, 0.15) is 25.0 Å². The van der Waals surface area contributed by atoms with Crippen molar-refractivity contribution in [3.8, 4) is 11.3 Å². The molecule has 2 aromatic carbocycles. The third-order valence-electron chi connectivity index (χ3n) is 6.58. The molecular formula is C26H24N2O2. The molecule has 0 radical (unpaired) electrons. The highest BCUT2D eigenvalue weighted by Crippen LogP contribution is 2.42. The summed E-state index contributed by atoms with van der Waals surface area (Å²) in [5.41, 5.74) is 5.56. The summed E-state index contributed by atoms with van der Waals surface area (Å²) in [6, 6.07) is 14.3. The lowest BCUT2D eigenvalue weighted by molar-refractivity contribution is 0.459. The first-order valence-corrected chi connectivity index (χ1v) is 10.8. The van der Waals surface area contributed by atoms with E-state index in [-0.39, 0.29) is 5.63 Å². The summed E-state index contributed by atoms with van der Waals surface area (Å²) in [5.74, 6) is 1.18. The van der Waals surface area contributed by atoms with Crippen molar-refractivity contribution in [2.75, 3.05) is 18.0 Å². The number of fused-ring (bicyclic) bond motifs is 3. The van der Waals surface area contributed by atoms with E-state index < -0.39 is 0 Å². The van der Waals surface area contributed by atoms with Gasteiger partial charge in [0.1, 0.15) is 5.58 Å². The van der Waals surface area contributed by atoms with Crippen molar-refractivity contribution in [2.45, 2.75) is 26.7 Å². The summed E-state index contributed by atoms with van der Waals surface area (Å²) in [6.45, 7) is 6.77. The molecule has 0 saturated carbocycles. The number of benzene rings is 2. The van der Waals surface area contributed by atoms with Gasteiger partial charge >= 0.3 is 5.63 Å². The third kappa shape index (κ3) is 2.67. The Labute approximate surface area is 175 Å². The van der Waals surface area contributed by atoms with Crippen molar-refractivity contribution in [1.29, 1.82) is 0 Å². The van der Waals surface area contributed by atoms with Gasteiger partial charge < -0.3 is 9.32 Å². The van der Waals surface area contributed by atoms with Crippen molar-refractivity contribution in [2.24, 2.45) is 11.8 Å². The van der Waals surface area contributed by atoms with Crippen LogP contribution in [0.4, 0.5) is 5.69 Å². The largest absolute Gasteiger partial charge is 0.422 e. The lowest BCUT2D eigenvalue weighted by Crippen LogP contribution is -2.41. The number of hydrogen-bond acceptors (Lipinski definition) is 4. The molecular weight excluding hydrogens is 372 g/mol. The summed E-state index contributed by atoms with van der Waals surface area (Å²) in [6.07, 6.45) is 3.86. The molecule has 150 valence electrons. The Morgan fingerprint density at radius 2 is 1.73 bits per heavy atom. The Kier molecular flexibility index (Phi) is 3.79. The highest BCUT2D eigenvalue weighted by atomic mass is 16.4. The maximum atomic E-state index is 13.0. The second kappa shape index (κ2) is 6.43. The molecule has 2 aromatic heterocycles. The average Bonchev–Trinajstić information content (AvgIpc) is 2.73. The molecule has 4 aromatic rings. The van der Waals surface area contributed by atoms with Crippen molar-refractivity contribution >= 4 is 27.4 Å². The number of anilines is 1. The minimum absolute atomic E-state index is 0.310. The molecule has 0 N–H and O–H groups in total. The van der Waals surface area contributed by atoms with Crippen LogP contribution in [-0.2, 0) is 12.8 Å². The maximum absolute atomic E-state index is 13.0. The van der Waals surface area contributed by atoms with E-state index in [1.165, 1.54) is 16.8 Å². The van der Waals surface area contributed by atoms with Crippen molar-refractivity contribution in [1.82, 2.24) is 4.98 Å². The summed E-state index contributed by atoms with van der Waals surface area (Å²) >= 11 is 0. The van der Waals surface area contributed by atoms with Gasteiger partial charge in [-0.25, -0.2) is 4.79 Å². The van der Waals surface area contributed by atoms with Crippen LogP contribution in [-0.4, -0.2) is 18.1 Å². The fourth-order valence-corrected chi connectivity index (χ4v) is 5.40. The molecule has 0 spiro atoms. The molecule has 0 aliphatic carbocycles. The average molecular weight is 396 g/mol. The smallest absolute Gasteiger partial charge is 0.345 e. The first-order chi connectivity index (χ1) is 14.6. The zero-order valence-corrected chi connectivity index (χ0v) is 17.3. The van der Waals surface area contributed by atoms with Gasteiger partial charge in [-0.15, -0.1) is 0 Å². The SMILES string of the molecule is CC1Cc2cc3cc(-c4cc5ccccc5cn4)c(=O)oc3c3c2N(C1)CC(C)C3. The molecule has 2 unspecified atom stereocenters. The van der Waals surface area contributed by atoms with Gasteiger partial charge in [0.05, 0.1) is 11.3 Å². The highest BCUT2D eigenvalue weighted by Gasteiger charge is 2.32. The van der Waals surface area contributed by atoms with Crippen LogP contribution in [0.2, 0.25) is 0 Å². The van der Waals surface area contributed by atoms with E-state index in [9.17, 15) is 4.79 Å². The lowest BCUT2D eigenvalue weighted by Gasteiger charge is -2.41. The molecule has 0 fully saturated rings. The van der Waals surface area contributed by atoms with Gasteiger partial charge in [0.15, 0.2) is 0 Å². The molecule has 2 aliphatic heterocycles. The summed E-state index contributed by atoms with van der Waals surface area (Å²) in [7, 11) is 0. The van der Waals surface area contributed by atoms with Crippen LogP contribution in [0.3, 0.4) is 0 Å². The van der Waals surface area contributed by atoms with E-state index in [0.29, 0.717) is 23.1 Å². The summed E-state index contributed by atoms with van der Waals surface area (Å²) < 4.78 is 5.98. The first kappa shape index (κ1) is 17.7. The predicted molar refractivity (Wildman–Crippen MR) is 121 cm³/mol. The lowest BCUT2D eigenvalue weighted by atomic mass is 9.83. The Balaban J connectivity index is 1.59. The normalized spacial score (nSPS) is 20.5. The van der Waals surface area contributed by atoms with Crippen LogP contribution in [0.15, 0.2) is 57.9 Å². The van der Waals surface area contributed by atoms with Crippen LogP contribution in [0.5, 0.6) is 0 Å². The fraction of sp³-hybridized carbons (Fsp3) is 0.308. The van der Waals surface area contributed by atoms with Crippen LogP contribution < -0.4 is 10.5 Å². The number of aromatic nitrogens is 1. The molecule has 2 atom stereocenters. The molecule has 0 saturated heterocycles. The monoisotopic (exact) mass is 396 g/mol. The van der Waals surface area contributed by atoms with Gasteiger partial charge in [0.2, 0.25) is 0 Å². The minimum atomic E-state index is -0.310. The summed E-state index contributed by atoms with van der Waals surface area (Å²) in [5, 5.41) is 3.14. The quantitative estimate of drug-likeness (QED) is 0.415. The second-order valence-corrected chi connectivity index (χ2v) is 9.17. The number of pyridine rings is 1. The number of hydrogen-bond donors (Lipinski definition) is 0. The number of rotatable bonds is 1. The van der Waals surface area contributed by atoms with Gasteiger partial charge in [-0.3, -0.25) is 4.98 Å². The van der Waals surface area contributed by atoms with Crippen LogP contribution >= 0.6 is 0 Å². The molecule has 4 heteroatoms. The van der Waals surface area contributed by atoms with E-state index >= 15 is 0 Å². The van der Waals surface area contributed by atoms with E-state index in [4.69, 9.17) is 4.42 Å². The summed E-state index contributed by atoms with van der Waals surface area (Å²) in [4.78, 5) is 20.1. The van der Waals surface area contributed by atoms with Crippen molar-refractivity contribution in [3.63, 3.8) is 0 Å². The highest BCUT2D eigenvalue weighted by molar-refractivity contribution is 5.91. The zero-order chi connectivity index (χ0) is 20.4. The van der Waals surface area contributed by atoms with E-state index in [2.05, 4.69) is 29.8 Å². The third-order valence-corrected chi connectivity index (χ3v) is 6.58. The molecule has 30 heavy (non-hydrogen) atoms. The van der Waals surface area contributed by atoms with E-state index in [1.54, 1.807) is 0 Å². The molecule has 4 nitrogen and oxygen atoms in total. The van der Waals surface area contributed by atoms with Crippen molar-refractivity contribution in [3.05, 3.63) is 70.2 Å². The van der Waals surface area contributed by atoms with Crippen molar-refractivity contribution < 1.29 is 4.42 Å². The fourth-order valence-electron chi connectivity index (χ4n) is 5.40. The molecule has 0 amide bonds. The number of nitrogens with zero attached hydrogens (tertiary/aromatic N) is 2. The molecule has 0 bridgehead atoms. The zero-order valence-electron chi connectivity index (χ0n) is 17.3. The Morgan fingerprint density at radius 1 is 0.967 bits per heavy atom. The standard InChI is InChI=1S/C26H24N2O2/c1-15-7-19-9-20-10-21(23-11-17-5-3-4-6-18(17)12-27-23)26(29)30-25(20)22-8-16(2)14-28(13-15)24(19)22/h3-6,9-12,15-16H,7-8,13-14H2,1-2H3. The Bertz CT molecular complexity index is 1370. The topological polar surface area (TPSA) is 46.3 Å².